The van der Waals surface area contributed by atoms with E-state index in [1.807, 2.05) is 0 Å². The summed E-state index contributed by atoms with van der Waals surface area (Å²) in [5.41, 5.74) is -5.89. The molecule has 0 atom stereocenters. The van der Waals surface area contributed by atoms with Crippen LogP contribution in [0.1, 0.15) is 25.7 Å². The molecule has 0 fully saturated rings. The first kappa shape index (κ1) is 21.7. The monoisotopic (exact) mass is 417 g/mol. The molecule has 1 aromatic carbocycles. The molecule has 0 spiro atoms. The molecular weight excluding hydrogens is 399 g/mol. The maximum absolute atomic E-state index is 12.5. The van der Waals surface area contributed by atoms with Crippen molar-refractivity contribution >= 4 is 15.7 Å². The van der Waals surface area contributed by atoms with E-state index < -0.39 is 25.9 Å². The number of terminal acetylenes is 1. The summed E-state index contributed by atoms with van der Waals surface area (Å²) < 4.78 is 65.2. The Morgan fingerprint density at radius 1 is 1.21 bits per heavy atom. The van der Waals surface area contributed by atoms with Gasteiger partial charge in [0.2, 0.25) is 5.91 Å². The van der Waals surface area contributed by atoms with E-state index in [1.54, 1.807) is 0 Å². The van der Waals surface area contributed by atoms with Gasteiger partial charge in [0.05, 0.1) is 11.4 Å². The van der Waals surface area contributed by atoms with Gasteiger partial charge in [-0.15, -0.1) is 12.3 Å². The first-order valence-corrected chi connectivity index (χ1v) is 9.76. The van der Waals surface area contributed by atoms with Crippen LogP contribution in [0.3, 0.4) is 0 Å². The zero-order valence-corrected chi connectivity index (χ0v) is 15.5. The van der Waals surface area contributed by atoms with Gasteiger partial charge in [0.1, 0.15) is 12.4 Å². The van der Waals surface area contributed by atoms with Gasteiger partial charge in [0, 0.05) is 25.7 Å². The first-order valence-electron chi connectivity index (χ1n) is 8.28. The van der Waals surface area contributed by atoms with Gasteiger partial charge in [-0.05, 0) is 24.3 Å². The lowest BCUT2D eigenvalue weighted by Gasteiger charge is -2.11. The molecule has 0 unspecified atom stereocenters. The number of nitrogens with zero attached hydrogens (tertiary/aromatic N) is 2. The maximum atomic E-state index is 12.5. The number of amides is 1. The Bertz CT molecular complexity index is 868. The third-order valence-electron chi connectivity index (χ3n) is 3.94. The lowest BCUT2D eigenvalue weighted by molar-refractivity contribution is -0.121. The number of ether oxygens (including phenoxy) is 1. The van der Waals surface area contributed by atoms with Crippen molar-refractivity contribution in [2.45, 2.75) is 41.7 Å². The van der Waals surface area contributed by atoms with Gasteiger partial charge in [-0.2, -0.15) is 23.4 Å². The summed E-state index contributed by atoms with van der Waals surface area (Å²) >= 11 is 0. The molecule has 0 saturated heterocycles. The van der Waals surface area contributed by atoms with E-state index in [4.69, 9.17) is 11.2 Å². The van der Waals surface area contributed by atoms with Crippen molar-refractivity contribution in [2.75, 3.05) is 13.2 Å². The summed E-state index contributed by atoms with van der Waals surface area (Å²) in [4.78, 5) is 10.9. The molecule has 152 valence electrons. The fourth-order valence-electron chi connectivity index (χ4n) is 2.28. The number of halogens is 3. The van der Waals surface area contributed by atoms with Gasteiger partial charge < -0.3 is 10.1 Å². The number of rotatable bonds is 10. The van der Waals surface area contributed by atoms with E-state index in [0.717, 1.165) is 24.3 Å². The Labute approximate surface area is 160 Å². The summed E-state index contributed by atoms with van der Waals surface area (Å²) in [7, 11) is -5.39. The quantitative estimate of drug-likeness (QED) is 0.468. The predicted octanol–water partition coefficient (Wildman–Crippen LogP) is 2.83. The number of hydrogen-bond donors (Lipinski definition) is 1. The maximum Gasteiger partial charge on any atom is 0.501 e. The highest BCUT2D eigenvalue weighted by Crippen LogP contribution is 2.37. The van der Waals surface area contributed by atoms with Crippen LogP contribution in [0.15, 0.2) is 39.4 Å². The van der Waals surface area contributed by atoms with Crippen molar-refractivity contribution in [3.8, 4) is 18.1 Å². The molecule has 0 bridgehead atoms. The minimum atomic E-state index is -5.39. The molecule has 28 heavy (non-hydrogen) atoms. The molecule has 0 saturated carbocycles. The lowest BCUT2D eigenvalue weighted by Crippen LogP contribution is -2.29. The van der Waals surface area contributed by atoms with Crippen molar-refractivity contribution in [3.63, 3.8) is 0 Å². The molecule has 1 N–H and O–H groups in total. The first-order chi connectivity index (χ1) is 13.1. The largest absolute Gasteiger partial charge is 0.501 e. The van der Waals surface area contributed by atoms with Crippen LogP contribution < -0.4 is 10.1 Å². The van der Waals surface area contributed by atoms with Gasteiger partial charge in [0.25, 0.3) is 9.84 Å². The van der Waals surface area contributed by atoms with Crippen LogP contribution in [-0.2, 0) is 14.6 Å². The zero-order valence-electron chi connectivity index (χ0n) is 14.7. The van der Waals surface area contributed by atoms with Gasteiger partial charge in [-0.1, -0.05) is 0 Å². The molecule has 1 aliphatic rings. The highest BCUT2D eigenvalue weighted by molar-refractivity contribution is 7.92. The van der Waals surface area contributed by atoms with Gasteiger partial charge in [-0.3, -0.25) is 4.79 Å². The van der Waals surface area contributed by atoms with Crippen LogP contribution in [0.25, 0.3) is 0 Å². The van der Waals surface area contributed by atoms with Crippen molar-refractivity contribution in [2.24, 2.45) is 10.2 Å². The molecule has 1 amide bonds. The predicted molar refractivity (Wildman–Crippen MR) is 93.1 cm³/mol. The van der Waals surface area contributed by atoms with E-state index in [0.29, 0.717) is 19.3 Å². The summed E-state index contributed by atoms with van der Waals surface area (Å²) in [6.45, 7) is 0.237. The molecular formula is C17H18F3N3O4S. The third-order valence-corrected chi connectivity index (χ3v) is 5.44. The number of carbonyl (C=O) groups is 1. The second-order valence-corrected chi connectivity index (χ2v) is 7.95. The molecule has 2 rings (SSSR count). The highest BCUT2D eigenvalue weighted by Gasteiger charge is 2.46. The molecule has 0 radical (unpaired) electrons. The van der Waals surface area contributed by atoms with Gasteiger partial charge in [0.15, 0.2) is 5.66 Å². The Morgan fingerprint density at radius 2 is 1.86 bits per heavy atom. The summed E-state index contributed by atoms with van der Waals surface area (Å²) in [6, 6.07) is 3.86. The second kappa shape index (κ2) is 8.60. The van der Waals surface area contributed by atoms with E-state index in [1.165, 1.54) is 0 Å². The van der Waals surface area contributed by atoms with Crippen LogP contribution in [-0.4, -0.2) is 38.6 Å². The minimum absolute atomic E-state index is 0.0636. The van der Waals surface area contributed by atoms with E-state index in [9.17, 15) is 26.4 Å². The molecule has 1 heterocycles. The molecule has 0 aromatic heterocycles. The minimum Gasteiger partial charge on any atom is -0.492 e. The van der Waals surface area contributed by atoms with Crippen LogP contribution >= 0.6 is 0 Å². The van der Waals surface area contributed by atoms with Crippen molar-refractivity contribution in [1.29, 1.82) is 0 Å². The highest BCUT2D eigenvalue weighted by atomic mass is 32.2. The number of alkyl halides is 3. The smallest absolute Gasteiger partial charge is 0.492 e. The van der Waals surface area contributed by atoms with Crippen molar-refractivity contribution in [1.82, 2.24) is 5.32 Å². The molecule has 0 aliphatic carbocycles. The van der Waals surface area contributed by atoms with Crippen molar-refractivity contribution in [3.05, 3.63) is 24.3 Å². The Balaban J connectivity index is 1.70. The fourth-order valence-corrected chi connectivity index (χ4v) is 3.04. The van der Waals surface area contributed by atoms with Crippen LogP contribution in [0.5, 0.6) is 5.75 Å². The fraction of sp³-hybridized carbons (Fsp3) is 0.471. The lowest BCUT2D eigenvalue weighted by atomic mass is 10.0. The van der Waals surface area contributed by atoms with Crippen LogP contribution in [0, 0.1) is 12.3 Å². The van der Waals surface area contributed by atoms with E-state index in [-0.39, 0.29) is 31.2 Å². The zero-order chi connectivity index (χ0) is 20.8. The molecule has 7 nitrogen and oxygen atoms in total. The third kappa shape index (κ3) is 5.69. The SMILES string of the molecule is C#CCCC1(CCC(=O)NCCOc2ccc(S(=O)(=O)C(F)(F)F)cc2)N=N1. The number of carbonyl (C=O) groups excluding carboxylic acids is 1. The Morgan fingerprint density at radius 3 is 2.39 bits per heavy atom. The summed E-state index contributed by atoms with van der Waals surface area (Å²) in [5, 5.41) is 10.5. The van der Waals surface area contributed by atoms with Gasteiger partial charge >= 0.3 is 5.51 Å². The second-order valence-electron chi connectivity index (χ2n) is 6.01. The Kier molecular flexibility index (Phi) is 6.66. The molecule has 1 aromatic rings. The van der Waals surface area contributed by atoms with Crippen molar-refractivity contribution < 1.29 is 31.1 Å². The van der Waals surface area contributed by atoms with Crippen LogP contribution in [0.2, 0.25) is 0 Å². The normalized spacial score (nSPS) is 14.9. The molecule has 1 aliphatic heterocycles. The van der Waals surface area contributed by atoms with E-state index in [2.05, 4.69) is 21.5 Å². The standard InChI is InChI=1S/C17H18F3N3O4S/c1-2-3-9-16(22-23-16)10-8-15(24)21-11-12-27-13-4-6-14(7-5-13)28(25,26)17(18,19)20/h1,4-7H,3,8-12H2,(H,21,24). The van der Waals surface area contributed by atoms with Gasteiger partial charge in [-0.25, -0.2) is 8.42 Å². The number of hydrogen-bond acceptors (Lipinski definition) is 6. The topological polar surface area (TPSA) is 97.2 Å². The number of benzene rings is 1. The number of sulfone groups is 1. The van der Waals surface area contributed by atoms with E-state index >= 15 is 0 Å². The number of nitrogens with one attached hydrogen (secondary N) is 1. The Hall–Kier alpha value is -2.61. The average Bonchev–Trinajstić information content (AvgIpc) is 3.42. The average molecular weight is 417 g/mol. The summed E-state index contributed by atoms with van der Waals surface area (Å²) in [6.07, 6.45) is 7.03. The summed E-state index contributed by atoms with van der Waals surface area (Å²) in [5.74, 6) is 2.47. The molecule has 11 heteroatoms. The van der Waals surface area contributed by atoms with Crippen LogP contribution in [0.4, 0.5) is 13.2 Å².